The average Bonchev–Trinajstić information content (AvgIpc) is 2.98. The first-order valence-corrected chi connectivity index (χ1v) is 8.42. The van der Waals surface area contributed by atoms with Crippen molar-refractivity contribution in [2.24, 2.45) is 0 Å². The Hall–Kier alpha value is -1.08. The smallest absolute Gasteiger partial charge is 0.276 e. The van der Waals surface area contributed by atoms with Gasteiger partial charge in [-0.15, -0.1) is 5.10 Å². The molecule has 2 saturated heterocycles. The van der Waals surface area contributed by atoms with E-state index in [1.807, 2.05) is 27.5 Å². The molecule has 1 aromatic heterocycles. The van der Waals surface area contributed by atoms with Crippen LogP contribution in [0, 0.1) is 0 Å². The van der Waals surface area contributed by atoms with Gasteiger partial charge in [0.25, 0.3) is 5.91 Å². The Balaban J connectivity index is 1.70. The first-order chi connectivity index (χ1) is 9.75. The minimum absolute atomic E-state index is 0.0259. The molecule has 0 saturated carbocycles. The van der Waals surface area contributed by atoms with Crippen molar-refractivity contribution in [2.45, 2.75) is 31.8 Å². The molecular formula is C13H21N5OS. The number of hydrogen-bond donors (Lipinski definition) is 1. The van der Waals surface area contributed by atoms with Gasteiger partial charge in [-0.3, -0.25) is 4.79 Å². The third kappa shape index (κ3) is 2.83. The number of nitrogens with one attached hydrogen (secondary N) is 1. The van der Waals surface area contributed by atoms with Crippen molar-refractivity contribution in [3.63, 3.8) is 0 Å². The van der Waals surface area contributed by atoms with E-state index in [4.69, 9.17) is 0 Å². The van der Waals surface area contributed by atoms with Gasteiger partial charge >= 0.3 is 0 Å². The topological polar surface area (TPSA) is 63.1 Å². The molecule has 1 amide bonds. The van der Waals surface area contributed by atoms with Crippen molar-refractivity contribution in [1.29, 1.82) is 0 Å². The molecule has 7 heteroatoms. The molecule has 3 heterocycles. The van der Waals surface area contributed by atoms with Crippen molar-refractivity contribution in [2.75, 3.05) is 31.1 Å². The maximum absolute atomic E-state index is 12.5. The van der Waals surface area contributed by atoms with E-state index in [9.17, 15) is 4.79 Å². The van der Waals surface area contributed by atoms with Crippen LogP contribution in [0.1, 0.15) is 36.3 Å². The summed E-state index contributed by atoms with van der Waals surface area (Å²) in [6, 6.07) is 0.657. The van der Waals surface area contributed by atoms with Crippen LogP contribution in [0.15, 0.2) is 6.20 Å². The molecule has 0 aliphatic carbocycles. The fourth-order valence-electron chi connectivity index (χ4n) is 2.80. The van der Waals surface area contributed by atoms with Crippen LogP contribution >= 0.6 is 11.8 Å². The molecule has 2 aliphatic heterocycles. The van der Waals surface area contributed by atoms with Crippen LogP contribution in [0.5, 0.6) is 0 Å². The van der Waals surface area contributed by atoms with Crippen molar-refractivity contribution < 1.29 is 4.79 Å². The largest absolute Gasteiger partial charge is 0.333 e. The molecule has 3 rings (SSSR count). The normalized spacial score (nSPS) is 24.9. The minimum atomic E-state index is 0.0259. The van der Waals surface area contributed by atoms with Gasteiger partial charge in [0.1, 0.15) is 0 Å². The number of nitrogens with zero attached hydrogens (tertiary/aromatic N) is 4. The van der Waals surface area contributed by atoms with Gasteiger partial charge < -0.3 is 10.2 Å². The van der Waals surface area contributed by atoms with Gasteiger partial charge in [0, 0.05) is 24.1 Å². The van der Waals surface area contributed by atoms with Crippen LogP contribution in [0.3, 0.4) is 0 Å². The predicted molar refractivity (Wildman–Crippen MR) is 79.0 cm³/mol. The highest BCUT2D eigenvalue weighted by molar-refractivity contribution is 7.99. The summed E-state index contributed by atoms with van der Waals surface area (Å²) in [5, 5.41) is 11.6. The lowest BCUT2D eigenvalue weighted by Gasteiger charge is -2.32. The van der Waals surface area contributed by atoms with Crippen LogP contribution in [0.4, 0.5) is 0 Å². The van der Waals surface area contributed by atoms with Crippen LogP contribution in [-0.4, -0.2) is 63.0 Å². The number of carbonyl (C=O) groups excluding carboxylic acids is 1. The number of aromatic nitrogens is 3. The van der Waals surface area contributed by atoms with Gasteiger partial charge in [-0.2, -0.15) is 11.8 Å². The van der Waals surface area contributed by atoms with Gasteiger partial charge in [-0.05, 0) is 32.9 Å². The Morgan fingerprint density at radius 3 is 3.00 bits per heavy atom. The zero-order valence-corrected chi connectivity index (χ0v) is 12.6. The molecule has 2 fully saturated rings. The number of thioether (sulfide) groups is 1. The third-order valence-corrected chi connectivity index (χ3v) is 5.23. The lowest BCUT2D eigenvalue weighted by atomic mass is 10.1. The Morgan fingerprint density at radius 2 is 2.25 bits per heavy atom. The summed E-state index contributed by atoms with van der Waals surface area (Å²) in [7, 11) is 0. The van der Waals surface area contributed by atoms with E-state index in [1.54, 1.807) is 0 Å². The standard InChI is InChI=1S/C13H21N5OS/c1-10-9-20-7-6-17(10)13(19)12-8-18(16-15-12)11-2-4-14-5-3-11/h8,10-11,14H,2-7,9H2,1H3. The van der Waals surface area contributed by atoms with E-state index in [2.05, 4.69) is 22.6 Å². The summed E-state index contributed by atoms with van der Waals surface area (Å²) in [6.45, 7) is 4.93. The second-order valence-electron chi connectivity index (χ2n) is 5.49. The number of piperidine rings is 1. The highest BCUT2D eigenvalue weighted by Crippen LogP contribution is 2.20. The molecular weight excluding hydrogens is 274 g/mol. The lowest BCUT2D eigenvalue weighted by Crippen LogP contribution is -2.44. The Bertz CT molecular complexity index is 471. The molecule has 0 spiro atoms. The van der Waals surface area contributed by atoms with Crippen molar-refractivity contribution in [3.8, 4) is 0 Å². The highest BCUT2D eigenvalue weighted by Gasteiger charge is 2.27. The first kappa shape index (κ1) is 13.9. The third-order valence-electron chi connectivity index (χ3n) is 4.04. The van der Waals surface area contributed by atoms with Crippen molar-refractivity contribution >= 4 is 17.7 Å². The lowest BCUT2D eigenvalue weighted by molar-refractivity contribution is 0.0710. The Labute approximate surface area is 123 Å². The van der Waals surface area contributed by atoms with E-state index < -0.39 is 0 Å². The summed E-state index contributed by atoms with van der Waals surface area (Å²) in [5.41, 5.74) is 0.488. The maximum Gasteiger partial charge on any atom is 0.276 e. The molecule has 110 valence electrons. The van der Waals surface area contributed by atoms with Crippen molar-refractivity contribution in [3.05, 3.63) is 11.9 Å². The molecule has 0 radical (unpaired) electrons. The van der Waals surface area contributed by atoms with Gasteiger partial charge in [-0.25, -0.2) is 4.68 Å². The summed E-state index contributed by atoms with van der Waals surface area (Å²) in [5.74, 6) is 2.05. The van der Waals surface area contributed by atoms with Gasteiger partial charge in [0.2, 0.25) is 0 Å². The number of carbonyl (C=O) groups is 1. The molecule has 1 unspecified atom stereocenters. The summed E-state index contributed by atoms with van der Waals surface area (Å²) in [6.07, 6.45) is 3.92. The van der Waals surface area contributed by atoms with Crippen LogP contribution in [-0.2, 0) is 0 Å². The second kappa shape index (κ2) is 6.13. The fraction of sp³-hybridized carbons (Fsp3) is 0.769. The van der Waals surface area contributed by atoms with Gasteiger partial charge in [-0.1, -0.05) is 5.21 Å². The summed E-state index contributed by atoms with van der Waals surface area (Å²) in [4.78, 5) is 14.4. The highest BCUT2D eigenvalue weighted by atomic mass is 32.2. The molecule has 20 heavy (non-hydrogen) atoms. The molecule has 0 aromatic carbocycles. The SMILES string of the molecule is CC1CSCCN1C(=O)c1cn(C2CCNCC2)nn1. The molecule has 2 aliphatic rings. The quantitative estimate of drug-likeness (QED) is 0.873. The monoisotopic (exact) mass is 295 g/mol. The van der Waals surface area contributed by atoms with Crippen LogP contribution < -0.4 is 5.32 Å². The first-order valence-electron chi connectivity index (χ1n) is 7.27. The summed E-state index contributed by atoms with van der Waals surface area (Å²) < 4.78 is 1.87. The molecule has 1 atom stereocenters. The molecule has 1 aromatic rings. The summed E-state index contributed by atoms with van der Waals surface area (Å²) >= 11 is 1.91. The predicted octanol–water partition coefficient (Wildman–Crippen LogP) is 0.780. The zero-order chi connectivity index (χ0) is 13.9. The molecule has 1 N–H and O–H groups in total. The zero-order valence-electron chi connectivity index (χ0n) is 11.8. The molecule has 0 bridgehead atoms. The second-order valence-corrected chi connectivity index (χ2v) is 6.64. The minimum Gasteiger partial charge on any atom is -0.333 e. The van der Waals surface area contributed by atoms with Gasteiger partial charge in [0.05, 0.1) is 12.2 Å². The van der Waals surface area contributed by atoms with E-state index in [1.165, 1.54) is 0 Å². The van der Waals surface area contributed by atoms with E-state index in [0.717, 1.165) is 44.0 Å². The van der Waals surface area contributed by atoms with E-state index in [-0.39, 0.29) is 11.9 Å². The van der Waals surface area contributed by atoms with Crippen LogP contribution in [0.25, 0.3) is 0 Å². The number of hydrogen-bond acceptors (Lipinski definition) is 5. The fourth-order valence-corrected chi connectivity index (χ4v) is 3.81. The Kier molecular flexibility index (Phi) is 4.26. The number of rotatable bonds is 2. The maximum atomic E-state index is 12.5. The van der Waals surface area contributed by atoms with Crippen molar-refractivity contribution in [1.82, 2.24) is 25.2 Å². The number of amides is 1. The van der Waals surface area contributed by atoms with E-state index in [0.29, 0.717) is 11.7 Å². The van der Waals surface area contributed by atoms with Crippen LogP contribution in [0.2, 0.25) is 0 Å². The van der Waals surface area contributed by atoms with E-state index >= 15 is 0 Å². The van der Waals surface area contributed by atoms with Gasteiger partial charge in [0.15, 0.2) is 5.69 Å². The Morgan fingerprint density at radius 1 is 1.45 bits per heavy atom. The molecule has 6 nitrogen and oxygen atoms in total. The average molecular weight is 295 g/mol.